The second kappa shape index (κ2) is 6.64. The van der Waals surface area contributed by atoms with E-state index < -0.39 is 0 Å². The normalized spacial score (nSPS) is 16.2. The summed E-state index contributed by atoms with van der Waals surface area (Å²) in [4.78, 5) is 19.3. The van der Waals surface area contributed by atoms with Crippen LogP contribution < -0.4 is 5.32 Å². The van der Waals surface area contributed by atoms with Crippen LogP contribution in [0.15, 0.2) is 67.0 Å². The fourth-order valence-corrected chi connectivity index (χ4v) is 3.58. The number of carbonyl (C=O) groups excluding carboxylic acids is 1. The summed E-state index contributed by atoms with van der Waals surface area (Å²) < 4.78 is 0. The van der Waals surface area contributed by atoms with E-state index in [1.54, 1.807) is 6.20 Å². The molecule has 130 valence electrons. The molecule has 0 saturated heterocycles. The summed E-state index contributed by atoms with van der Waals surface area (Å²) >= 11 is 0. The van der Waals surface area contributed by atoms with Gasteiger partial charge >= 0.3 is 0 Å². The zero-order chi connectivity index (χ0) is 18.1. The molecule has 4 nitrogen and oxygen atoms in total. The molecular formula is C22H21N3O. The van der Waals surface area contributed by atoms with E-state index in [0.29, 0.717) is 12.1 Å². The molecule has 26 heavy (non-hydrogen) atoms. The topological polar surface area (TPSA) is 45.2 Å². The van der Waals surface area contributed by atoms with Crippen molar-refractivity contribution in [3.63, 3.8) is 0 Å². The molecule has 1 N–H and O–H groups in total. The molecule has 4 rings (SSSR count). The number of para-hydroxylation sites is 1. The Morgan fingerprint density at radius 2 is 1.81 bits per heavy atom. The van der Waals surface area contributed by atoms with Crippen molar-refractivity contribution in [1.29, 1.82) is 0 Å². The molecule has 0 saturated carbocycles. The zero-order valence-electron chi connectivity index (χ0n) is 14.9. The molecule has 1 atom stereocenters. The van der Waals surface area contributed by atoms with Gasteiger partial charge in [0.15, 0.2) is 0 Å². The van der Waals surface area contributed by atoms with Crippen molar-refractivity contribution in [2.45, 2.75) is 26.6 Å². The minimum Gasteiger partial charge on any atom is -0.361 e. The average molecular weight is 343 g/mol. The summed E-state index contributed by atoms with van der Waals surface area (Å²) in [6, 6.07) is 18.0. The first-order valence-corrected chi connectivity index (χ1v) is 8.75. The Morgan fingerprint density at radius 1 is 1.04 bits per heavy atom. The lowest BCUT2D eigenvalue weighted by Gasteiger charge is -2.38. The Kier molecular flexibility index (Phi) is 4.17. The van der Waals surface area contributed by atoms with Crippen molar-refractivity contribution in [2.24, 2.45) is 0 Å². The Hall–Kier alpha value is -3.14. The van der Waals surface area contributed by atoms with Crippen LogP contribution in [0.25, 0.3) is 0 Å². The van der Waals surface area contributed by atoms with E-state index in [1.165, 1.54) is 11.1 Å². The number of carbonyl (C=O) groups is 1. The number of amides is 1. The minimum absolute atomic E-state index is 0.0346. The second-order valence-electron chi connectivity index (χ2n) is 6.81. The summed E-state index contributed by atoms with van der Waals surface area (Å²) in [6.07, 6.45) is 3.35. The molecule has 1 amide bonds. The van der Waals surface area contributed by atoms with E-state index >= 15 is 0 Å². The van der Waals surface area contributed by atoms with Gasteiger partial charge in [-0.3, -0.25) is 9.78 Å². The van der Waals surface area contributed by atoms with Crippen LogP contribution in [0.2, 0.25) is 0 Å². The van der Waals surface area contributed by atoms with E-state index in [9.17, 15) is 4.79 Å². The van der Waals surface area contributed by atoms with Gasteiger partial charge < -0.3 is 10.2 Å². The first kappa shape index (κ1) is 16.3. The number of aryl methyl sites for hydroxylation is 2. The van der Waals surface area contributed by atoms with Crippen LogP contribution in [0, 0.1) is 13.8 Å². The molecule has 2 aromatic carbocycles. The summed E-state index contributed by atoms with van der Waals surface area (Å²) in [7, 11) is 0. The molecule has 0 spiro atoms. The van der Waals surface area contributed by atoms with E-state index in [1.807, 2.05) is 47.5 Å². The number of hydrogen-bond acceptors (Lipinski definition) is 3. The number of pyridine rings is 1. The Morgan fingerprint density at radius 3 is 2.54 bits per heavy atom. The van der Waals surface area contributed by atoms with Crippen molar-refractivity contribution in [3.8, 4) is 0 Å². The summed E-state index contributed by atoms with van der Waals surface area (Å²) in [5.41, 5.74) is 6.07. The Bertz CT molecular complexity index is 932. The van der Waals surface area contributed by atoms with Crippen molar-refractivity contribution < 1.29 is 4.79 Å². The lowest BCUT2D eigenvalue weighted by atomic mass is 10.00. The van der Waals surface area contributed by atoms with Gasteiger partial charge in [-0.15, -0.1) is 0 Å². The van der Waals surface area contributed by atoms with Crippen LogP contribution in [0.4, 0.5) is 5.69 Å². The monoisotopic (exact) mass is 343 g/mol. The molecule has 0 aliphatic carbocycles. The first-order valence-electron chi connectivity index (χ1n) is 8.75. The van der Waals surface area contributed by atoms with E-state index in [0.717, 1.165) is 16.8 Å². The van der Waals surface area contributed by atoms with Crippen LogP contribution in [-0.2, 0) is 6.54 Å². The third-order valence-corrected chi connectivity index (χ3v) is 4.66. The highest BCUT2D eigenvalue weighted by molar-refractivity contribution is 6.01. The van der Waals surface area contributed by atoms with Crippen LogP contribution in [-0.4, -0.2) is 15.8 Å². The molecule has 1 unspecified atom stereocenters. The number of benzene rings is 2. The minimum atomic E-state index is -0.212. The largest absolute Gasteiger partial charge is 0.361 e. The SMILES string of the molecule is Cc1cc(C)cc(C2Nc3ccccc3C(=O)N2Cc2cccnc2)c1. The Balaban J connectivity index is 1.79. The summed E-state index contributed by atoms with van der Waals surface area (Å²) in [6.45, 7) is 4.67. The lowest BCUT2D eigenvalue weighted by Crippen LogP contribution is -2.42. The van der Waals surface area contributed by atoms with Crippen LogP contribution in [0.1, 0.15) is 38.8 Å². The maximum Gasteiger partial charge on any atom is 0.258 e. The van der Waals surface area contributed by atoms with Gasteiger partial charge in [-0.05, 0) is 43.2 Å². The number of hydrogen-bond donors (Lipinski definition) is 1. The van der Waals surface area contributed by atoms with E-state index in [-0.39, 0.29) is 12.1 Å². The highest BCUT2D eigenvalue weighted by Gasteiger charge is 2.32. The molecule has 2 heterocycles. The molecule has 0 fully saturated rings. The lowest BCUT2D eigenvalue weighted by molar-refractivity contribution is 0.0666. The number of fused-ring (bicyclic) bond motifs is 1. The van der Waals surface area contributed by atoms with Crippen molar-refractivity contribution in [3.05, 3.63) is 94.8 Å². The van der Waals surface area contributed by atoms with Gasteiger partial charge in [-0.2, -0.15) is 0 Å². The predicted molar refractivity (Wildman–Crippen MR) is 103 cm³/mol. The van der Waals surface area contributed by atoms with Gasteiger partial charge in [-0.1, -0.05) is 47.5 Å². The van der Waals surface area contributed by atoms with Gasteiger partial charge in [0.25, 0.3) is 5.91 Å². The molecule has 3 aromatic rings. The van der Waals surface area contributed by atoms with Gasteiger partial charge in [0.2, 0.25) is 0 Å². The maximum atomic E-state index is 13.2. The summed E-state index contributed by atoms with van der Waals surface area (Å²) in [5.74, 6) is 0.0346. The predicted octanol–water partition coefficient (Wildman–Crippen LogP) is 4.47. The molecule has 1 aliphatic heterocycles. The number of nitrogens with zero attached hydrogens (tertiary/aromatic N) is 2. The number of anilines is 1. The van der Waals surface area contributed by atoms with Crippen molar-refractivity contribution >= 4 is 11.6 Å². The van der Waals surface area contributed by atoms with Gasteiger partial charge in [0.1, 0.15) is 6.17 Å². The average Bonchev–Trinajstić information content (AvgIpc) is 2.64. The smallest absolute Gasteiger partial charge is 0.258 e. The van der Waals surface area contributed by atoms with Crippen LogP contribution in [0.3, 0.4) is 0 Å². The number of aromatic nitrogens is 1. The molecule has 4 heteroatoms. The Labute approximate surface area is 153 Å². The molecule has 0 radical (unpaired) electrons. The molecule has 1 aromatic heterocycles. The zero-order valence-corrected chi connectivity index (χ0v) is 14.9. The molecule has 0 bridgehead atoms. The highest BCUT2D eigenvalue weighted by atomic mass is 16.2. The third-order valence-electron chi connectivity index (χ3n) is 4.66. The summed E-state index contributed by atoms with van der Waals surface area (Å²) in [5, 5.41) is 3.55. The molecule has 1 aliphatic rings. The van der Waals surface area contributed by atoms with Gasteiger partial charge in [0, 0.05) is 24.6 Å². The van der Waals surface area contributed by atoms with Gasteiger partial charge in [-0.25, -0.2) is 0 Å². The molecular weight excluding hydrogens is 322 g/mol. The van der Waals surface area contributed by atoms with Crippen LogP contribution in [0.5, 0.6) is 0 Å². The standard InChI is InChI=1S/C22H21N3O/c1-15-10-16(2)12-18(11-15)21-24-20-8-4-3-7-19(20)22(26)25(21)14-17-6-5-9-23-13-17/h3-13,21,24H,14H2,1-2H3. The van der Waals surface area contributed by atoms with Gasteiger partial charge in [0.05, 0.1) is 5.56 Å². The maximum absolute atomic E-state index is 13.2. The number of rotatable bonds is 3. The third kappa shape index (κ3) is 3.06. The fraction of sp³-hybridized carbons (Fsp3) is 0.182. The quantitative estimate of drug-likeness (QED) is 0.763. The van der Waals surface area contributed by atoms with Crippen molar-refractivity contribution in [2.75, 3.05) is 5.32 Å². The van der Waals surface area contributed by atoms with Crippen molar-refractivity contribution in [1.82, 2.24) is 9.88 Å². The second-order valence-corrected chi connectivity index (χ2v) is 6.81. The van der Waals surface area contributed by atoms with Crippen LogP contribution >= 0.6 is 0 Å². The van der Waals surface area contributed by atoms with E-state index in [4.69, 9.17) is 0 Å². The highest BCUT2D eigenvalue weighted by Crippen LogP contribution is 2.34. The van der Waals surface area contributed by atoms with E-state index in [2.05, 4.69) is 42.3 Å². The fourth-order valence-electron chi connectivity index (χ4n) is 3.58. The number of nitrogens with one attached hydrogen (secondary N) is 1. The first-order chi connectivity index (χ1) is 12.6.